The minimum atomic E-state index is 0.0888. The number of hydrogen-bond acceptors (Lipinski definition) is 4. The van der Waals surface area contributed by atoms with E-state index in [0.717, 1.165) is 60.6 Å². The van der Waals surface area contributed by atoms with Crippen molar-refractivity contribution in [2.45, 2.75) is 39.8 Å². The molecule has 2 heterocycles. The van der Waals surface area contributed by atoms with Gasteiger partial charge in [-0.05, 0) is 57.0 Å². The van der Waals surface area contributed by atoms with Crippen LogP contribution in [-0.4, -0.2) is 28.9 Å². The molecule has 5 heteroatoms. The fraction of sp³-hybridized carbons (Fsp3) is 0.360. The van der Waals surface area contributed by atoms with Crippen molar-refractivity contribution in [3.8, 4) is 11.5 Å². The summed E-state index contributed by atoms with van der Waals surface area (Å²) in [6, 6.07) is 18.2. The van der Waals surface area contributed by atoms with Crippen LogP contribution < -0.4 is 5.32 Å². The highest BCUT2D eigenvalue weighted by Gasteiger charge is 2.26. The molecule has 1 saturated heterocycles. The summed E-state index contributed by atoms with van der Waals surface area (Å²) in [7, 11) is 0. The summed E-state index contributed by atoms with van der Waals surface area (Å²) < 4.78 is 5.95. The van der Waals surface area contributed by atoms with Crippen molar-refractivity contribution < 1.29 is 9.21 Å². The predicted octanol–water partition coefficient (Wildman–Crippen LogP) is 4.49. The Morgan fingerprint density at radius 1 is 1.07 bits per heavy atom. The lowest BCUT2D eigenvalue weighted by molar-refractivity contribution is -0.126. The van der Waals surface area contributed by atoms with Crippen molar-refractivity contribution in [3.63, 3.8) is 0 Å². The number of amides is 1. The summed E-state index contributed by atoms with van der Waals surface area (Å²) in [4.78, 5) is 19.7. The van der Waals surface area contributed by atoms with Gasteiger partial charge in [-0.2, -0.15) is 0 Å². The lowest BCUT2D eigenvalue weighted by Crippen LogP contribution is -2.40. The van der Waals surface area contributed by atoms with Gasteiger partial charge < -0.3 is 9.73 Å². The fourth-order valence-electron chi connectivity index (χ4n) is 4.00. The molecule has 5 nitrogen and oxygen atoms in total. The Balaban J connectivity index is 1.30. The second-order valence-corrected chi connectivity index (χ2v) is 8.09. The van der Waals surface area contributed by atoms with Crippen LogP contribution >= 0.6 is 0 Å². The molecule has 0 spiro atoms. The number of oxazole rings is 1. The third kappa shape index (κ3) is 4.79. The molecule has 1 aliphatic rings. The van der Waals surface area contributed by atoms with Gasteiger partial charge >= 0.3 is 0 Å². The smallest absolute Gasteiger partial charge is 0.226 e. The molecule has 1 N–H and O–H groups in total. The molecule has 156 valence electrons. The van der Waals surface area contributed by atoms with Crippen molar-refractivity contribution in [2.24, 2.45) is 5.92 Å². The van der Waals surface area contributed by atoms with Gasteiger partial charge in [0.25, 0.3) is 0 Å². The molecule has 3 aromatic rings. The summed E-state index contributed by atoms with van der Waals surface area (Å²) in [6.45, 7) is 7.21. The van der Waals surface area contributed by atoms with Crippen LogP contribution in [0.3, 0.4) is 0 Å². The van der Waals surface area contributed by atoms with E-state index < -0.39 is 0 Å². The van der Waals surface area contributed by atoms with Crippen molar-refractivity contribution >= 4 is 5.91 Å². The van der Waals surface area contributed by atoms with Gasteiger partial charge in [-0.1, -0.05) is 48.5 Å². The van der Waals surface area contributed by atoms with Gasteiger partial charge in [-0.15, -0.1) is 0 Å². The molecule has 0 atom stereocenters. The summed E-state index contributed by atoms with van der Waals surface area (Å²) in [5.41, 5.74) is 4.32. The third-order valence-electron chi connectivity index (χ3n) is 5.91. The van der Waals surface area contributed by atoms with Gasteiger partial charge in [-0.25, -0.2) is 4.98 Å². The Morgan fingerprint density at radius 3 is 2.50 bits per heavy atom. The van der Waals surface area contributed by atoms with E-state index in [1.165, 1.54) is 0 Å². The number of carbonyl (C=O) groups excluding carboxylic acids is 1. The van der Waals surface area contributed by atoms with E-state index in [9.17, 15) is 4.79 Å². The number of aryl methyl sites for hydroxylation is 2. The molecule has 1 aliphatic heterocycles. The fourth-order valence-corrected chi connectivity index (χ4v) is 4.00. The van der Waals surface area contributed by atoms with Gasteiger partial charge in [0.1, 0.15) is 5.76 Å². The molecule has 1 amide bonds. The van der Waals surface area contributed by atoms with Crippen LogP contribution in [0.15, 0.2) is 59.0 Å². The Hall–Kier alpha value is -2.92. The highest BCUT2D eigenvalue weighted by Crippen LogP contribution is 2.26. The third-order valence-corrected chi connectivity index (χ3v) is 5.91. The molecule has 0 radical (unpaired) electrons. The first kappa shape index (κ1) is 20.4. The first-order valence-electron chi connectivity index (χ1n) is 10.7. The standard InChI is InChI=1S/C25H29N3O2/c1-18-8-6-7-11-22(18)25-27-23(19(2)30-25)17-28-14-12-21(13-15-28)24(29)26-16-20-9-4-3-5-10-20/h3-11,21H,12-17H2,1-2H3,(H,26,29). The summed E-state index contributed by atoms with van der Waals surface area (Å²) in [5, 5.41) is 3.08. The quantitative estimate of drug-likeness (QED) is 0.659. The highest BCUT2D eigenvalue weighted by molar-refractivity contribution is 5.78. The second-order valence-electron chi connectivity index (χ2n) is 8.09. The molecule has 0 unspecified atom stereocenters. The predicted molar refractivity (Wildman–Crippen MR) is 118 cm³/mol. The van der Waals surface area contributed by atoms with Crippen molar-refractivity contribution in [2.75, 3.05) is 13.1 Å². The number of carbonyl (C=O) groups is 1. The molecule has 2 aromatic carbocycles. The van der Waals surface area contributed by atoms with Crippen LogP contribution in [0.2, 0.25) is 0 Å². The molecular formula is C25H29N3O2. The van der Waals surface area contributed by atoms with Crippen molar-refractivity contribution in [3.05, 3.63) is 77.2 Å². The molecule has 4 rings (SSSR count). The van der Waals surface area contributed by atoms with E-state index >= 15 is 0 Å². The van der Waals surface area contributed by atoms with Gasteiger partial charge in [0.05, 0.1) is 5.69 Å². The molecule has 0 aliphatic carbocycles. The monoisotopic (exact) mass is 403 g/mol. The van der Waals surface area contributed by atoms with Crippen LogP contribution in [0.1, 0.15) is 35.4 Å². The Labute approximate surface area is 178 Å². The van der Waals surface area contributed by atoms with Crippen LogP contribution in [0.5, 0.6) is 0 Å². The van der Waals surface area contributed by atoms with Crippen LogP contribution in [0.25, 0.3) is 11.5 Å². The number of aromatic nitrogens is 1. The summed E-state index contributed by atoms with van der Waals surface area (Å²) >= 11 is 0. The van der Waals surface area contributed by atoms with E-state index in [1.807, 2.05) is 55.5 Å². The first-order chi connectivity index (χ1) is 14.6. The topological polar surface area (TPSA) is 58.4 Å². The van der Waals surface area contributed by atoms with Crippen LogP contribution in [-0.2, 0) is 17.9 Å². The van der Waals surface area contributed by atoms with Crippen LogP contribution in [0, 0.1) is 19.8 Å². The summed E-state index contributed by atoms with van der Waals surface area (Å²) in [6.07, 6.45) is 1.75. The maximum Gasteiger partial charge on any atom is 0.226 e. The molecule has 1 aromatic heterocycles. The zero-order valence-electron chi connectivity index (χ0n) is 17.7. The molecule has 1 fully saturated rings. The average Bonchev–Trinajstić information content (AvgIpc) is 3.13. The average molecular weight is 404 g/mol. The summed E-state index contributed by atoms with van der Waals surface area (Å²) in [5.74, 6) is 1.82. The normalized spacial score (nSPS) is 15.3. The first-order valence-corrected chi connectivity index (χ1v) is 10.7. The zero-order chi connectivity index (χ0) is 20.9. The van der Waals surface area contributed by atoms with Crippen LogP contribution in [0.4, 0.5) is 0 Å². The SMILES string of the molecule is Cc1ccccc1-c1nc(CN2CCC(C(=O)NCc3ccccc3)CC2)c(C)o1. The number of hydrogen-bond donors (Lipinski definition) is 1. The Kier molecular flexibility index (Phi) is 6.29. The number of piperidine rings is 1. The Bertz CT molecular complexity index is 989. The number of benzene rings is 2. The van der Waals surface area contributed by atoms with E-state index in [2.05, 4.69) is 23.2 Å². The minimum Gasteiger partial charge on any atom is -0.441 e. The molecule has 30 heavy (non-hydrogen) atoms. The molecule has 0 saturated carbocycles. The number of nitrogens with one attached hydrogen (secondary N) is 1. The van der Waals surface area contributed by atoms with E-state index in [-0.39, 0.29) is 11.8 Å². The van der Waals surface area contributed by atoms with E-state index in [1.54, 1.807) is 0 Å². The lowest BCUT2D eigenvalue weighted by Gasteiger charge is -2.30. The van der Waals surface area contributed by atoms with Gasteiger partial charge in [0.15, 0.2) is 0 Å². The van der Waals surface area contributed by atoms with Gasteiger partial charge in [-0.3, -0.25) is 9.69 Å². The number of likely N-dealkylation sites (tertiary alicyclic amines) is 1. The van der Waals surface area contributed by atoms with Gasteiger partial charge in [0, 0.05) is 24.6 Å². The lowest BCUT2D eigenvalue weighted by atomic mass is 9.95. The van der Waals surface area contributed by atoms with Gasteiger partial charge in [0.2, 0.25) is 11.8 Å². The maximum atomic E-state index is 12.5. The molecular weight excluding hydrogens is 374 g/mol. The Morgan fingerprint density at radius 2 is 1.77 bits per heavy atom. The zero-order valence-corrected chi connectivity index (χ0v) is 17.7. The number of nitrogens with zero attached hydrogens (tertiary/aromatic N) is 2. The van der Waals surface area contributed by atoms with E-state index in [4.69, 9.17) is 9.40 Å². The highest BCUT2D eigenvalue weighted by atomic mass is 16.4. The maximum absolute atomic E-state index is 12.5. The van der Waals surface area contributed by atoms with Crippen molar-refractivity contribution in [1.82, 2.24) is 15.2 Å². The van der Waals surface area contributed by atoms with Crippen molar-refractivity contribution in [1.29, 1.82) is 0 Å². The second kappa shape index (κ2) is 9.26. The minimum absolute atomic E-state index is 0.0888. The molecule has 0 bridgehead atoms. The largest absolute Gasteiger partial charge is 0.441 e. The number of rotatable bonds is 6. The van der Waals surface area contributed by atoms with E-state index in [0.29, 0.717) is 12.4 Å².